The number of piperazine rings is 1. The van der Waals surface area contributed by atoms with E-state index in [9.17, 15) is 5.11 Å². The number of nitrogens with one attached hydrogen (secondary N) is 1. The largest absolute Gasteiger partial charge is 0.392 e. The van der Waals surface area contributed by atoms with Crippen LogP contribution in [0.2, 0.25) is 0 Å². The minimum atomic E-state index is 0.109. The second-order valence-electron chi connectivity index (χ2n) is 6.22. The van der Waals surface area contributed by atoms with Crippen LogP contribution in [-0.2, 0) is 6.61 Å². The van der Waals surface area contributed by atoms with Crippen molar-refractivity contribution in [3.8, 4) is 0 Å². The number of aliphatic hydroxyl groups excluding tert-OH is 1. The molecular weight excluding hydrogens is 262 g/mol. The van der Waals surface area contributed by atoms with Gasteiger partial charge in [0.05, 0.1) is 6.61 Å². The zero-order chi connectivity index (χ0) is 15.2. The van der Waals surface area contributed by atoms with E-state index in [2.05, 4.69) is 48.1 Å². The maximum Gasteiger partial charge on any atom is 0.0681 e. The lowest BCUT2D eigenvalue weighted by Gasteiger charge is -2.37. The quantitative estimate of drug-likeness (QED) is 0.832. The third-order valence-corrected chi connectivity index (χ3v) is 4.51. The average Bonchev–Trinajstić information content (AvgIpc) is 2.53. The van der Waals surface area contributed by atoms with E-state index in [0.717, 1.165) is 25.2 Å². The molecule has 1 aromatic rings. The molecule has 0 aromatic heterocycles. The molecule has 118 valence electrons. The van der Waals surface area contributed by atoms with Crippen LogP contribution in [0, 0.1) is 0 Å². The van der Waals surface area contributed by atoms with Crippen LogP contribution < -0.4 is 5.32 Å². The monoisotopic (exact) mass is 291 g/mol. The summed E-state index contributed by atoms with van der Waals surface area (Å²) in [7, 11) is 2.19. The van der Waals surface area contributed by atoms with Crippen LogP contribution in [0.15, 0.2) is 24.3 Å². The van der Waals surface area contributed by atoms with Gasteiger partial charge in [0.2, 0.25) is 0 Å². The molecule has 4 nitrogen and oxygen atoms in total. The topological polar surface area (TPSA) is 38.7 Å². The molecule has 0 aliphatic carbocycles. The predicted molar refractivity (Wildman–Crippen MR) is 87.3 cm³/mol. The summed E-state index contributed by atoms with van der Waals surface area (Å²) in [4.78, 5) is 4.95. The highest BCUT2D eigenvalue weighted by molar-refractivity contribution is 5.25. The molecule has 1 aromatic carbocycles. The van der Waals surface area contributed by atoms with Crippen LogP contribution in [0.1, 0.15) is 31.0 Å². The zero-order valence-corrected chi connectivity index (χ0v) is 13.5. The van der Waals surface area contributed by atoms with Crippen molar-refractivity contribution in [1.82, 2.24) is 15.1 Å². The fraction of sp³-hybridized carbons (Fsp3) is 0.647. The van der Waals surface area contributed by atoms with Gasteiger partial charge in [0, 0.05) is 44.8 Å². The van der Waals surface area contributed by atoms with Gasteiger partial charge in [-0.2, -0.15) is 0 Å². The Hall–Kier alpha value is -0.940. The molecule has 4 heteroatoms. The van der Waals surface area contributed by atoms with Gasteiger partial charge < -0.3 is 15.3 Å². The summed E-state index contributed by atoms with van der Waals surface area (Å²) >= 11 is 0. The summed E-state index contributed by atoms with van der Waals surface area (Å²) in [5, 5.41) is 12.8. The zero-order valence-electron chi connectivity index (χ0n) is 13.5. The minimum Gasteiger partial charge on any atom is -0.392 e. The number of benzene rings is 1. The summed E-state index contributed by atoms with van der Waals surface area (Å²) in [5.41, 5.74) is 2.22. The van der Waals surface area contributed by atoms with E-state index in [0.29, 0.717) is 12.1 Å². The van der Waals surface area contributed by atoms with Crippen molar-refractivity contribution in [2.24, 2.45) is 0 Å². The number of nitrogens with zero attached hydrogens (tertiary/aromatic N) is 2. The van der Waals surface area contributed by atoms with Crippen LogP contribution in [0.25, 0.3) is 0 Å². The molecule has 0 spiro atoms. The van der Waals surface area contributed by atoms with Crippen LogP contribution in [0.3, 0.4) is 0 Å². The number of likely N-dealkylation sites (N-methyl/N-ethyl adjacent to an activating group) is 1. The van der Waals surface area contributed by atoms with E-state index in [-0.39, 0.29) is 6.61 Å². The molecule has 21 heavy (non-hydrogen) atoms. The second-order valence-corrected chi connectivity index (χ2v) is 6.22. The normalized spacial score (nSPS) is 20.4. The highest BCUT2D eigenvalue weighted by Gasteiger charge is 2.19. The highest BCUT2D eigenvalue weighted by Crippen LogP contribution is 2.15. The molecule has 0 amide bonds. The Morgan fingerprint density at radius 1 is 1.19 bits per heavy atom. The molecule has 1 heterocycles. The maximum absolute atomic E-state index is 9.22. The lowest BCUT2D eigenvalue weighted by molar-refractivity contribution is 0.116. The van der Waals surface area contributed by atoms with Gasteiger partial charge in [-0.25, -0.2) is 0 Å². The Morgan fingerprint density at radius 3 is 2.57 bits per heavy atom. The van der Waals surface area contributed by atoms with Crippen LogP contribution in [-0.4, -0.2) is 60.7 Å². The molecule has 0 saturated carbocycles. The molecule has 1 aliphatic rings. The fourth-order valence-electron chi connectivity index (χ4n) is 2.82. The van der Waals surface area contributed by atoms with Gasteiger partial charge in [0.1, 0.15) is 0 Å². The van der Waals surface area contributed by atoms with E-state index < -0.39 is 0 Å². The first-order valence-corrected chi connectivity index (χ1v) is 7.96. The van der Waals surface area contributed by atoms with E-state index in [1.165, 1.54) is 18.7 Å². The SMILES string of the molecule is CC(NCC(C)N1CCN(C)CC1)c1cccc(CO)c1. The van der Waals surface area contributed by atoms with Gasteiger partial charge in [0.15, 0.2) is 0 Å². The van der Waals surface area contributed by atoms with Crippen molar-refractivity contribution in [3.05, 3.63) is 35.4 Å². The Morgan fingerprint density at radius 2 is 1.90 bits per heavy atom. The first-order valence-electron chi connectivity index (χ1n) is 7.96. The maximum atomic E-state index is 9.22. The summed E-state index contributed by atoms with van der Waals surface area (Å²) in [6, 6.07) is 9.05. The molecule has 1 aliphatic heterocycles. The second kappa shape index (κ2) is 7.90. The minimum absolute atomic E-state index is 0.109. The van der Waals surface area contributed by atoms with Crippen molar-refractivity contribution in [2.75, 3.05) is 39.8 Å². The van der Waals surface area contributed by atoms with Gasteiger partial charge in [-0.3, -0.25) is 4.90 Å². The third-order valence-electron chi connectivity index (χ3n) is 4.51. The summed E-state index contributed by atoms with van der Waals surface area (Å²) in [6.07, 6.45) is 0. The van der Waals surface area contributed by atoms with E-state index >= 15 is 0 Å². The molecule has 2 atom stereocenters. The molecular formula is C17H29N3O. The number of hydrogen-bond donors (Lipinski definition) is 2. The van der Waals surface area contributed by atoms with Crippen LogP contribution in [0.5, 0.6) is 0 Å². The molecule has 2 unspecified atom stereocenters. The average molecular weight is 291 g/mol. The molecule has 0 bridgehead atoms. The lowest BCUT2D eigenvalue weighted by Crippen LogP contribution is -2.50. The molecule has 1 fully saturated rings. The Labute approximate surface area is 128 Å². The van der Waals surface area contributed by atoms with Crippen molar-refractivity contribution in [3.63, 3.8) is 0 Å². The first-order chi connectivity index (χ1) is 10.1. The third kappa shape index (κ3) is 4.78. The van der Waals surface area contributed by atoms with Gasteiger partial charge >= 0.3 is 0 Å². The van der Waals surface area contributed by atoms with Gasteiger partial charge in [-0.1, -0.05) is 24.3 Å². The van der Waals surface area contributed by atoms with Gasteiger partial charge in [0.25, 0.3) is 0 Å². The molecule has 2 rings (SSSR count). The predicted octanol–water partition coefficient (Wildman–Crippen LogP) is 1.47. The van der Waals surface area contributed by atoms with Gasteiger partial charge in [-0.15, -0.1) is 0 Å². The molecule has 2 N–H and O–H groups in total. The number of rotatable bonds is 6. The Kier molecular flexibility index (Phi) is 6.18. The van der Waals surface area contributed by atoms with Crippen LogP contribution >= 0.6 is 0 Å². The first kappa shape index (κ1) is 16.4. The Bertz CT molecular complexity index is 430. The van der Waals surface area contributed by atoms with Crippen molar-refractivity contribution in [2.45, 2.75) is 32.5 Å². The van der Waals surface area contributed by atoms with E-state index in [1.54, 1.807) is 0 Å². The highest BCUT2D eigenvalue weighted by atomic mass is 16.3. The van der Waals surface area contributed by atoms with Crippen molar-refractivity contribution < 1.29 is 5.11 Å². The van der Waals surface area contributed by atoms with E-state index in [1.807, 2.05) is 12.1 Å². The molecule has 1 saturated heterocycles. The summed E-state index contributed by atoms with van der Waals surface area (Å²) in [6.45, 7) is 10.2. The molecule has 0 radical (unpaired) electrons. The van der Waals surface area contributed by atoms with E-state index in [4.69, 9.17) is 0 Å². The Balaban J connectivity index is 1.81. The summed E-state index contributed by atoms with van der Waals surface area (Å²) < 4.78 is 0. The van der Waals surface area contributed by atoms with Crippen LogP contribution in [0.4, 0.5) is 0 Å². The lowest BCUT2D eigenvalue weighted by atomic mass is 10.1. The number of aliphatic hydroxyl groups is 1. The fourth-order valence-corrected chi connectivity index (χ4v) is 2.82. The van der Waals surface area contributed by atoms with Crippen molar-refractivity contribution >= 4 is 0 Å². The smallest absolute Gasteiger partial charge is 0.0681 e. The van der Waals surface area contributed by atoms with Gasteiger partial charge in [-0.05, 0) is 32.0 Å². The number of hydrogen-bond acceptors (Lipinski definition) is 4. The van der Waals surface area contributed by atoms with Crippen molar-refractivity contribution in [1.29, 1.82) is 0 Å². The summed E-state index contributed by atoms with van der Waals surface area (Å²) in [5.74, 6) is 0. The standard InChI is InChI=1S/C17H29N3O/c1-14(20-9-7-19(3)8-10-20)12-18-15(2)17-6-4-5-16(11-17)13-21/h4-6,11,14-15,18,21H,7-10,12-13H2,1-3H3.